The number of Topliss-reactive ketones (excluding diaryl/α,β-unsaturated/α-hetero) is 1. The summed E-state index contributed by atoms with van der Waals surface area (Å²) < 4.78 is 5.07. The van der Waals surface area contributed by atoms with Crippen LogP contribution in [0.3, 0.4) is 0 Å². The summed E-state index contributed by atoms with van der Waals surface area (Å²) in [6.45, 7) is 0.944. The molecule has 2 atom stereocenters. The van der Waals surface area contributed by atoms with E-state index in [1.165, 1.54) is 18.4 Å². The monoisotopic (exact) mass is 205 g/mol. The third-order valence-corrected chi connectivity index (χ3v) is 3.64. The molecule has 0 spiro atoms. The van der Waals surface area contributed by atoms with Gasteiger partial charge in [-0.25, -0.2) is 0 Å². The first-order valence-electron chi connectivity index (χ1n) is 5.61. The molecule has 2 aliphatic rings. The van der Waals surface area contributed by atoms with E-state index < -0.39 is 0 Å². The SMILES string of the molecule is O=C1CC2CCC(C1)N2Cc1ccoc1. The summed E-state index contributed by atoms with van der Waals surface area (Å²) in [5.41, 5.74) is 1.22. The number of hydrogen-bond acceptors (Lipinski definition) is 3. The Balaban J connectivity index is 1.75. The summed E-state index contributed by atoms with van der Waals surface area (Å²) >= 11 is 0. The van der Waals surface area contributed by atoms with Crippen LogP contribution in [0.2, 0.25) is 0 Å². The van der Waals surface area contributed by atoms with E-state index in [1.807, 2.05) is 6.07 Å². The number of furan rings is 1. The summed E-state index contributed by atoms with van der Waals surface area (Å²) in [5.74, 6) is 0.450. The van der Waals surface area contributed by atoms with Crippen LogP contribution in [0.25, 0.3) is 0 Å². The quantitative estimate of drug-likeness (QED) is 0.740. The highest BCUT2D eigenvalue weighted by atomic mass is 16.3. The minimum absolute atomic E-state index is 0.450. The lowest BCUT2D eigenvalue weighted by atomic mass is 10.0. The van der Waals surface area contributed by atoms with Crippen LogP contribution in [0.5, 0.6) is 0 Å². The maximum atomic E-state index is 11.4. The van der Waals surface area contributed by atoms with Crippen LogP contribution < -0.4 is 0 Å². The molecule has 0 radical (unpaired) electrons. The predicted octanol–water partition coefficient (Wildman–Crippen LogP) is 1.98. The lowest BCUT2D eigenvalue weighted by Gasteiger charge is -2.33. The van der Waals surface area contributed by atoms with Gasteiger partial charge < -0.3 is 4.42 Å². The molecule has 0 N–H and O–H groups in total. The third kappa shape index (κ3) is 1.61. The second kappa shape index (κ2) is 3.49. The molecule has 80 valence electrons. The first kappa shape index (κ1) is 9.16. The summed E-state index contributed by atoms with van der Waals surface area (Å²) in [6.07, 6.45) is 7.41. The van der Waals surface area contributed by atoms with E-state index in [1.54, 1.807) is 12.5 Å². The molecule has 1 aromatic rings. The minimum Gasteiger partial charge on any atom is -0.472 e. The minimum atomic E-state index is 0.450. The smallest absolute Gasteiger partial charge is 0.136 e. The molecule has 15 heavy (non-hydrogen) atoms. The summed E-state index contributed by atoms with van der Waals surface area (Å²) in [7, 11) is 0. The molecule has 1 aromatic heterocycles. The number of ketones is 1. The number of carbonyl (C=O) groups is 1. The molecule has 3 heterocycles. The predicted molar refractivity (Wildman–Crippen MR) is 55.3 cm³/mol. The van der Waals surface area contributed by atoms with Crippen LogP contribution in [-0.4, -0.2) is 22.8 Å². The zero-order valence-electron chi connectivity index (χ0n) is 8.69. The Morgan fingerprint density at radius 2 is 2.07 bits per heavy atom. The van der Waals surface area contributed by atoms with Crippen molar-refractivity contribution in [1.29, 1.82) is 0 Å². The fourth-order valence-electron chi connectivity index (χ4n) is 2.91. The van der Waals surface area contributed by atoms with Gasteiger partial charge >= 0.3 is 0 Å². The zero-order valence-corrected chi connectivity index (χ0v) is 8.69. The molecule has 3 rings (SSSR count). The Kier molecular flexibility index (Phi) is 2.13. The second-order valence-electron chi connectivity index (χ2n) is 4.64. The van der Waals surface area contributed by atoms with Gasteiger partial charge in [-0.2, -0.15) is 0 Å². The Morgan fingerprint density at radius 3 is 2.67 bits per heavy atom. The van der Waals surface area contributed by atoms with Gasteiger partial charge in [0.05, 0.1) is 12.5 Å². The van der Waals surface area contributed by atoms with Gasteiger partial charge in [0.25, 0.3) is 0 Å². The van der Waals surface area contributed by atoms with Crippen LogP contribution in [0.15, 0.2) is 23.0 Å². The molecule has 2 aliphatic heterocycles. The highest BCUT2D eigenvalue weighted by molar-refractivity contribution is 5.80. The zero-order chi connectivity index (χ0) is 10.3. The largest absolute Gasteiger partial charge is 0.472 e. The Labute approximate surface area is 89.1 Å². The number of piperidine rings is 1. The molecule has 3 heteroatoms. The Hall–Kier alpha value is -1.09. The average Bonchev–Trinajstić information content (AvgIpc) is 2.77. The molecule has 0 aromatic carbocycles. The highest BCUT2D eigenvalue weighted by Gasteiger charge is 2.39. The van der Waals surface area contributed by atoms with Crippen molar-refractivity contribution in [2.24, 2.45) is 0 Å². The lowest BCUT2D eigenvalue weighted by Crippen LogP contribution is -2.42. The van der Waals surface area contributed by atoms with Gasteiger partial charge in [0, 0.05) is 37.0 Å². The van der Waals surface area contributed by atoms with Crippen LogP contribution in [-0.2, 0) is 11.3 Å². The van der Waals surface area contributed by atoms with E-state index in [0.29, 0.717) is 17.9 Å². The van der Waals surface area contributed by atoms with E-state index in [4.69, 9.17) is 4.42 Å². The van der Waals surface area contributed by atoms with Crippen molar-refractivity contribution in [2.45, 2.75) is 44.3 Å². The summed E-state index contributed by atoms with van der Waals surface area (Å²) in [6, 6.07) is 2.99. The maximum absolute atomic E-state index is 11.4. The summed E-state index contributed by atoms with van der Waals surface area (Å²) in [5, 5.41) is 0. The number of nitrogens with zero attached hydrogens (tertiary/aromatic N) is 1. The molecule has 3 nitrogen and oxygen atoms in total. The van der Waals surface area contributed by atoms with Crippen LogP contribution in [0, 0.1) is 0 Å². The first-order valence-corrected chi connectivity index (χ1v) is 5.61. The van der Waals surface area contributed by atoms with Crippen molar-refractivity contribution in [3.05, 3.63) is 24.2 Å². The van der Waals surface area contributed by atoms with Crippen molar-refractivity contribution >= 4 is 5.78 Å². The Morgan fingerprint density at radius 1 is 1.33 bits per heavy atom. The van der Waals surface area contributed by atoms with Crippen LogP contribution >= 0.6 is 0 Å². The van der Waals surface area contributed by atoms with Crippen molar-refractivity contribution < 1.29 is 9.21 Å². The van der Waals surface area contributed by atoms with Crippen LogP contribution in [0.4, 0.5) is 0 Å². The topological polar surface area (TPSA) is 33.5 Å². The average molecular weight is 205 g/mol. The van der Waals surface area contributed by atoms with E-state index in [-0.39, 0.29) is 0 Å². The fourth-order valence-corrected chi connectivity index (χ4v) is 2.91. The fraction of sp³-hybridized carbons (Fsp3) is 0.583. The number of hydrogen-bond donors (Lipinski definition) is 0. The van der Waals surface area contributed by atoms with Crippen molar-refractivity contribution in [1.82, 2.24) is 4.90 Å². The number of rotatable bonds is 2. The third-order valence-electron chi connectivity index (χ3n) is 3.64. The van der Waals surface area contributed by atoms with Crippen LogP contribution in [0.1, 0.15) is 31.2 Å². The van der Waals surface area contributed by atoms with Gasteiger partial charge in [-0.15, -0.1) is 0 Å². The molecular weight excluding hydrogens is 190 g/mol. The molecule has 2 fully saturated rings. The van der Waals surface area contributed by atoms with E-state index in [2.05, 4.69) is 4.90 Å². The van der Waals surface area contributed by atoms with Gasteiger partial charge in [0.1, 0.15) is 5.78 Å². The maximum Gasteiger partial charge on any atom is 0.136 e. The number of fused-ring (bicyclic) bond motifs is 2. The molecule has 0 saturated carbocycles. The van der Waals surface area contributed by atoms with Crippen molar-refractivity contribution in [2.75, 3.05) is 0 Å². The second-order valence-corrected chi connectivity index (χ2v) is 4.64. The molecule has 0 amide bonds. The van der Waals surface area contributed by atoms with E-state index in [9.17, 15) is 4.79 Å². The highest BCUT2D eigenvalue weighted by Crippen LogP contribution is 2.34. The lowest BCUT2D eigenvalue weighted by molar-refractivity contribution is -0.123. The normalized spacial score (nSPS) is 31.1. The molecule has 0 aliphatic carbocycles. The van der Waals surface area contributed by atoms with E-state index in [0.717, 1.165) is 19.4 Å². The molecule has 2 saturated heterocycles. The molecule has 2 bridgehead atoms. The van der Waals surface area contributed by atoms with Crippen molar-refractivity contribution in [3.8, 4) is 0 Å². The van der Waals surface area contributed by atoms with Crippen molar-refractivity contribution in [3.63, 3.8) is 0 Å². The standard InChI is InChI=1S/C12H15NO2/c14-12-5-10-1-2-11(6-12)13(10)7-9-3-4-15-8-9/h3-4,8,10-11H,1-2,5-7H2. The van der Waals surface area contributed by atoms with Gasteiger partial charge in [-0.1, -0.05) is 0 Å². The first-order chi connectivity index (χ1) is 7.33. The molecule has 2 unspecified atom stereocenters. The van der Waals surface area contributed by atoms with E-state index >= 15 is 0 Å². The number of carbonyl (C=O) groups excluding carboxylic acids is 1. The Bertz CT molecular complexity index is 342. The summed E-state index contributed by atoms with van der Waals surface area (Å²) in [4.78, 5) is 13.9. The molecular formula is C12H15NO2. The van der Waals surface area contributed by atoms with Gasteiger partial charge in [0.2, 0.25) is 0 Å². The van der Waals surface area contributed by atoms with Gasteiger partial charge in [-0.3, -0.25) is 9.69 Å². The van der Waals surface area contributed by atoms with Gasteiger partial charge in [0.15, 0.2) is 0 Å². The van der Waals surface area contributed by atoms with Gasteiger partial charge in [-0.05, 0) is 18.9 Å².